The molecule has 0 radical (unpaired) electrons. The average molecular weight is 1120 g/mol. The normalized spacial score (nSPS) is 12.7. The molecule has 0 fully saturated rings. The van der Waals surface area contributed by atoms with Crippen LogP contribution in [0.1, 0.15) is 361 Å². The van der Waals surface area contributed by atoms with Crippen LogP contribution in [0.3, 0.4) is 0 Å². The van der Waals surface area contributed by atoms with Gasteiger partial charge in [0.2, 0.25) is 0 Å². The number of hydrogen-bond acceptors (Lipinski definition) is 5. The number of unbranched alkanes of at least 4 members (excludes halogenated alkanes) is 43. The Morgan fingerprint density at radius 1 is 0.300 bits per heavy atom. The first-order chi connectivity index (χ1) is 39.6. The van der Waals surface area contributed by atoms with Crippen molar-refractivity contribution in [2.75, 3.05) is 13.2 Å². The minimum absolute atomic E-state index is 0.0635. The van der Waals surface area contributed by atoms with Gasteiger partial charge in [-0.3, -0.25) is 9.59 Å². The molecule has 0 aliphatic heterocycles. The van der Waals surface area contributed by atoms with Crippen LogP contribution in [0, 0.1) is 0 Å². The average Bonchev–Trinajstić information content (AvgIpc) is 3.46. The number of rotatable bonds is 65. The lowest BCUT2D eigenvalue weighted by molar-refractivity contribution is -0.161. The summed E-state index contributed by atoms with van der Waals surface area (Å²) in [6.07, 6.45) is 99.0. The summed E-state index contributed by atoms with van der Waals surface area (Å²) in [4.78, 5) is 24.7. The molecule has 0 saturated heterocycles. The van der Waals surface area contributed by atoms with Crippen molar-refractivity contribution in [3.05, 3.63) is 85.1 Å². The molecule has 80 heavy (non-hydrogen) atoms. The van der Waals surface area contributed by atoms with Crippen LogP contribution in [0.4, 0.5) is 0 Å². The summed E-state index contributed by atoms with van der Waals surface area (Å²) in [6.45, 7) is 4.07. The summed E-state index contributed by atoms with van der Waals surface area (Å²) >= 11 is 0. The van der Waals surface area contributed by atoms with Crippen molar-refractivity contribution < 1.29 is 24.2 Å². The van der Waals surface area contributed by atoms with Gasteiger partial charge in [0.1, 0.15) is 6.61 Å². The van der Waals surface area contributed by atoms with E-state index >= 15 is 0 Å². The van der Waals surface area contributed by atoms with Crippen molar-refractivity contribution in [2.45, 2.75) is 367 Å². The first kappa shape index (κ1) is 77.1. The fourth-order valence-electron chi connectivity index (χ4n) is 10.4. The first-order valence-corrected chi connectivity index (χ1v) is 35.1. The maximum Gasteiger partial charge on any atom is 0.306 e. The molecule has 464 valence electrons. The van der Waals surface area contributed by atoms with Gasteiger partial charge >= 0.3 is 11.9 Å². The number of aliphatic hydroxyl groups is 1. The lowest BCUT2D eigenvalue weighted by Gasteiger charge is -2.15. The van der Waals surface area contributed by atoms with E-state index in [0.717, 1.165) is 77.0 Å². The Morgan fingerprint density at radius 3 is 0.825 bits per heavy atom. The van der Waals surface area contributed by atoms with Gasteiger partial charge in [-0.25, -0.2) is 0 Å². The van der Waals surface area contributed by atoms with Crippen molar-refractivity contribution in [3.8, 4) is 0 Å². The Balaban J connectivity index is 3.43. The third kappa shape index (κ3) is 67.6. The maximum absolute atomic E-state index is 12.4. The third-order valence-corrected chi connectivity index (χ3v) is 15.7. The summed E-state index contributed by atoms with van der Waals surface area (Å²) in [5, 5.41) is 9.71. The Labute approximate surface area is 498 Å². The minimum Gasteiger partial charge on any atom is -0.462 e. The number of ether oxygens (including phenoxy) is 2. The molecule has 1 atom stereocenters. The van der Waals surface area contributed by atoms with Crippen LogP contribution < -0.4 is 0 Å². The first-order valence-electron chi connectivity index (χ1n) is 35.1. The van der Waals surface area contributed by atoms with Gasteiger partial charge in [-0.1, -0.05) is 343 Å². The summed E-state index contributed by atoms with van der Waals surface area (Å²) in [7, 11) is 0. The SMILES string of the molecule is CC/C=C\C/C=C\C/C=C\C/C=C\C/C=C\C/C=C\CCCCCCCCCCCCCCCCCCC(=O)OC(CO)COC(=O)CCCCCCCCCCCCCCCCCCCCC/C=C\CCCCCCCCCC. The van der Waals surface area contributed by atoms with Gasteiger partial charge in [0.25, 0.3) is 0 Å². The second-order valence-electron chi connectivity index (χ2n) is 23.6. The zero-order valence-electron chi connectivity index (χ0n) is 53.3. The number of hydrogen-bond donors (Lipinski definition) is 1. The van der Waals surface area contributed by atoms with Gasteiger partial charge in [0.05, 0.1) is 6.61 Å². The Kier molecular flexibility index (Phi) is 67.8. The van der Waals surface area contributed by atoms with Crippen LogP contribution in [0.25, 0.3) is 0 Å². The number of aliphatic hydroxyl groups excluding tert-OH is 1. The van der Waals surface area contributed by atoms with E-state index in [-0.39, 0.29) is 25.2 Å². The summed E-state index contributed by atoms with van der Waals surface area (Å²) in [6, 6.07) is 0. The fourth-order valence-corrected chi connectivity index (χ4v) is 10.4. The summed E-state index contributed by atoms with van der Waals surface area (Å²) < 4.78 is 10.8. The van der Waals surface area contributed by atoms with Crippen LogP contribution in [0.2, 0.25) is 0 Å². The van der Waals surface area contributed by atoms with E-state index in [0.29, 0.717) is 12.8 Å². The lowest BCUT2D eigenvalue weighted by atomic mass is 10.0. The molecule has 5 nitrogen and oxygen atoms in total. The van der Waals surface area contributed by atoms with Crippen molar-refractivity contribution in [1.29, 1.82) is 0 Å². The molecule has 0 saturated carbocycles. The number of allylic oxidation sites excluding steroid dienone is 14. The quantitative estimate of drug-likeness (QED) is 0.0373. The van der Waals surface area contributed by atoms with Gasteiger partial charge in [-0.2, -0.15) is 0 Å². The lowest BCUT2D eigenvalue weighted by Crippen LogP contribution is -2.28. The standard InChI is InChI=1S/C75H134O5/c1-3-5-7-9-11-13-15-17-19-21-23-25-27-29-31-33-35-36-37-38-40-42-44-46-48-50-52-54-56-58-60-62-64-66-68-70-75(78)80-73(71-76)72-79-74(77)69-67-65-63-61-59-57-55-53-51-49-47-45-43-41-39-34-32-30-28-26-24-22-20-18-16-14-12-10-8-6-4-2/h5,7,11,13,17,19,22-25,29,31,35-36,73,76H,3-4,6,8-10,12,14-16,18,20-21,26-28,30,32-34,37-72H2,1-2H3/b7-5-,13-11-,19-17-,24-22-,25-23-,31-29-,36-35-. The van der Waals surface area contributed by atoms with E-state index in [1.807, 2.05) is 0 Å². The molecule has 5 heteroatoms. The van der Waals surface area contributed by atoms with Gasteiger partial charge in [-0.15, -0.1) is 0 Å². The summed E-state index contributed by atoms with van der Waals surface area (Å²) in [5.74, 6) is -0.574. The van der Waals surface area contributed by atoms with E-state index in [1.54, 1.807) is 0 Å². The molecule has 0 aromatic rings. The molecule has 0 bridgehead atoms. The predicted molar refractivity (Wildman–Crippen MR) is 353 cm³/mol. The number of carbonyl (C=O) groups is 2. The molecule has 1 unspecified atom stereocenters. The fraction of sp³-hybridized carbons (Fsp3) is 0.787. The van der Waals surface area contributed by atoms with E-state index in [9.17, 15) is 14.7 Å². The highest BCUT2D eigenvalue weighted by Gasteiger charge is 2.16. The highest BCUT2D eigenvalue weighted by atomic mass is 16.6. The maximum atomic E-state index is 12.4. The van der Waals surface area contributed by atoms with Gasteiger partial charge in [0.15, 0.2) is 6.10 Å². The zero-order valence-corrected chi connectivity index (χ0v) is 53.3. The third-order valence-electron chi connectivity index (χ3n) is 15.7. The van der Waals surface area contributed by atoms with Crippen molar-refractivity contribution in [2.24, 2.45) is 0 Å². The highest BCUT2D eigenvalue weighted by molar-refractivity contribution is 5.70. The zero-order chi connectivity index (χ0) is 57.6. The van der Waals surface area contributed by atoms with Crippen LogP contribution in [-0.2, 0) is 19.1 Å². The van der Waals surface area contributed by atoms with Crippen molar-refractivity contribution in [1.82, 2.24) is 0 Å². The van der Waals surface area contributed by atoms with Crippen LogP contribution in [0.15, 0.2) is 85.1 Å². The second-order valence-corrected chi connectivity index (χ2v) is 23.6. The van der Waals surface area contributed by atoms with E-state index in [1.165, 1.54) is 257 Å². The molecule has 1 N–H and O–H groups in total. The molecule has 0 spiro atoms. The minimum atomic E-state index is -0.775. The molecule has 0 aliphatic rings. The molecule has 0 aromatic heterocycles. The van der Waals surface area contributed by atoms with Crippen LogP contribution >= 0.6 is 0 Å². The molecular weight excluding hydrogens is 981 g/mol. The predicted octanol–water partition coefficient (Wildman–Crippen LogP) is 24.4. The van der Waals surface area contributed by atoms with Gasteiger partial charge < -0.3 is 14.6 Å². The Hall–Kier alpha value is -2.92. The van der Waals surface area contributed by atoms with Crippen molar-refractivity contribution >= 4 is 11.9 Å². The van der Waals surface area contributed by atoms with Crippen molar-refractivity contribution in [3.63, 3.8) is 0 Å². The molecule has 0 heterocycles. The van der Waals surface area contributed by atoms with Gasteiger partial charge in [-0.05, 0) is 89.9 Å². The Morgan fingerprint density at radius 2 is 0.537 bits per heavy atom. The van der Waals surface area contributed by atoms with Gasteiger partial charge in [0, 0.05) is 12.8 Å². The topological polar surface area (TPSA) is 72.8 Å². The molecule has 0 amide bonds. The molecule has 0 rings (SSSR count). The highest BCUT2D eigenvalue weighted by Crippen LogP contribution is 2.18. The molecular formula is C75H134O5. The summed E-state index contributed by atoms with van der Waals surface area (Å²) in [5.41, 5.74) is 0. The molecule has 0 aliphatic carbocycles. The second kappa shape index (κ2) is 70.3. The smallest absolute Gasteiger partial charge is 0.306 e. The monoisotopic (exact) mass is 1120 g/mol. The number of esters is 2. The number of carbonyl (C=O) groups excluding carboxylic acids is 2. The van der Waals surface area contributed by atoms with E-state index in [2.05, 4.69) is 98.9 Å². The van der Waals surface area contributed by atoms with Crippen LogP contribution in [-0.4, -0.2) is 36.4 Å². The van der Waals surface area contributed by atoms with Crippen LogP contribution in [0.5, 0.6) is 0 Å². The molecule has 0 aromatic carbocycles. The van der Waals surface area contributed by atoms with E-state index < -0.39 is 6.10 Å². The largest absolute Gasteiger partial charge is 0.462 e. The Bertz CT molecular complexity index is 1450. The van der Waals surface area contributed by atoms with E-state index in [4.69, 9.17) is 9.47 Å².